The molecule has 0 radical (unpaired) electrons. The Bertz CT molecular complexity index is 990. The fourth-order valence-electron chi connectivity index (χ4n) is 3.71. The van der Waals surface area contributed by atoms with Crippen LogP contribution in [0.3, 0.4) is 0 Å². The lowest BCUT2D eigenvalue weighted by Gasteiger charge is -2.26. The van der Waals surface area contributed by atoms with Crippen LogP contribution in [-0.2, 0) is 4.79 Å². The van der Waals surface area contributed by atoms with Crippen LogP contribution in [0.15, 0.2) is 59.9 Å². The Morgan fingerprint density at radius 1 is 1.03 bits per heavy atom. The van der Waals surface area contributed by atoms with Crippen LogP contribution in [0, 0.1) is 6.92 Å². The highest BCUT2D eigenvalue weighted by atomic mass is 32.2. The zero-order valence-electron chi connectivity index (χ0n) is 17.5. The van der Waals surface area contributed by atoms with Crippen molar-refractivity contribution in [2.75, 3.05) is 26.0 Å². The van der Waals surface area contributed by atoms with Crippen LogP contribution in [0.25, 0.3) is 16.9 Å². The molecule has 1 aliphatic heterocycles. The molecule has 0 atom stereocenters. The van der Waals surface area contributed by atoms with Gasteiger partial charge in [0, 0.05) is 24.3 Å². The first-order valence-electron chi connectivity index (χ1n) is 10.4. The first-order chi connectivity index (χ1) is 14.7. The molecule has 6 heteroatoms. The molecule has 0 unspecified atom stereocenters. The maximum atomic E-state index is 12.7. The van der Waals surface area contributed by atoms with Gasteiger partial charge in [-0.15, -0.1) is 0 Å². The number of benzene rings is 2. The van der Waals surface area contributed by atoms with Gasteiger partial charge in [-0.1, -0.05) is 29.5 Å². The van der Waals surface area contributed by atoms with E-state index in [9.17, 15) is 4.79 Å². The van der Waals surface area contributed by atoms with Gasteiger partial charge in [0.25, 0.3) is 0 Å². The van der Waals surface area contributed by atoms with Crippen LogP contribution in [-0.4, -0.2) is 46.3 Å². The lowest BCUT2D eigenvalue weighted by molar-refractivity contribution is -0.129. The van der Waals surface area contributed by atoms with Crippen molar-refractivity contribution in [1.82, 2.24) is 14.5 Å². The number of aryl methyl sites for hydroxylation is 1. The Morgan fingerprint density at radius 3 is 2.40 bits per heavy atom. The Hall–Kier alpha value is -2.73. The van der Waals surface area contributed by atoms with Crippen molar-refractivity contribution < 1.29 is 9.53 Å². The molecule has 3 aromatic rings. The SMILES string of the molecule is COc1ccc(-c2cnc(SCC(=O)N3CCCCC3)n2-c2ccc(C)cc2)cc1. The molecule has 1 aliphatic rings. The maximum Gasteiger partial charge on any atom is 0.233 e. The molecule has 2 aromatic carbocycles. The molecule has 1 fully saturated rings. The van der Waals surface area contributed by atoms with Crippen molar-refractivity contribution in [2.24, 2.45) is 0 Å². The van der Waals surface area contributed by atoms with E-state index in [2.05, 4.69) is 40.7 Å². The van der Waals surface area contributed by atoms with Crippen molar-refractivity contribution in [3.05, 3.63) is 60.3 Å². The largest absolute Gasteiger partial charge is 0.497 e. The topological polar surface area (TPSA) is 47.4 Å². The summed E-state index contributed by atoms with van der Waals surface area (Å²) in [4.78, 5) is 19.3. The molecule has 30 heavy (non-hydrogen) atoms. The van der Waals surface area contributed by atoms with Crippen LogP contribution >= 0.6 is 11.8 Å². The summed E-state index contributed by atoms with van der Waals surface area (Å²) < 4.78 is 7.43. The number of thioether (sulfide) groups is 1. The first kappa shape index (κ1) is 20.5. The van der Waals surface area contributed by atoms with E-state index < -0.39 is 0 Å². The van der Waals surface area contributed by atoms with Gasteiger partial charge in [0.05, 0.1) is 24.8 Å². The van der Waals surface area contributed by atoms with Gasteiger partial charge in [-0.3, -0.25) is 9.36 Å². The van der Waals surface area contributed by atoms with Gasteiger partial charge in [-0.25, -0.2) is 4.98 Å². The smallest absolute Gasteiger partial charge is 0.233 e. The van der Waals surface area contributed by atoms with E-state index in [1.807, 2.05) is 35.4 Å². The summed E-state index contributed by atoms with van der Waals surface area (Å²) in [5.41, 5.74) is 4.30. The Morgan fingerprint density at radius 2 is 1.73 bits per heavy atom. The summed E-state index contributed by atoms with van der Waals surface area (Å²) in [6.45, 7) is 3.83. The molecule has 1 aromatic heterocycles. The minimum Gasteiger partial charge on any atom is -0.497 e. The van der Waals surface area contributed by atoms with Crippen LogP contribution in [0.5, 0.6) is 5.75 Å². The Labute approximate surface area is 182 Å². The van der Waals surface area contributed by atoms with Crippen LogP contribution in [0.1, 0.15) is 24.8 Å². The van der Waals surface area contributed by atoms with E-state index in [1.165, 1.54) is 23.7 Å². The van der Waals surface area contributed by atoms with E-state index in [0.29, 0.717) is 5.75 Å². The van der Waals surface area contributed by atoms with Crippen molar-refractivity contribution in [3.63, 3.8) is 0 Å². The maximum absolute atomic E-state index is 12.7. The number of methoxy groups -OCH3 is 1. The van der Waals surface area contributed by atoms with Crippen molar-refractivity contribution in [3.8, 4) is 22.7 Å². The molecule has 1 amide bonds. The summed E-state index contributed by atoms with van der Waals surface area (Å²) in [5.74, 6) is 1.43. The molecule has 1 saturated heterocycles. The third-order valence-corrected chi connectivity index (χ3v) is 6.38. The third kappa shape index (κ3) is 4.54. The van der Waals surface area contributed by atoms with E-state index in [-0.39, 0.29) is 5.91 Å². The highest BCUT2D eigenvalue weighted by Gasteiger charge is 2.19. The fourth-order valence-corrected chi connectivity index (χ4v) is 4.60. The molecule has 5 nitrogen and oxygen atoms in total. The van der Waals surface area contributed by atoms with Gasteiger partial charge in [0.1, 0.15) is 5.75 Å². The molecule has 4 rings (SSSR count). The number of hydrogen-bond donors (Lipinski definition) is 0. The van der Waals surface area contributed by atoms with Crippen LogP contribution in [0.4, 0.5) is 0 Å². The van der Waals surface area contributed by atoms with Crippen molar-refractivity contribution >= 4 is 17.7 Å². The number of rotatable bonds is 6. The zero-order valence-corrected chi connectivity index (χ0v) is 18.3. The Balaban J connectivity index is 1.63. The van der Waals surface area contributed by atoms with Gasteiger partial charge in [-0.05, 0) is 62.6 Å². The number of carbonyl (C=O) groups excluding carboxylic acids is 1. The summed E-state index contributed by atoms with van der Waals surface area (Å²) in [6.07, 6.45) is 5.32. The highest BCUT2D eigenvalue weighted by Crippen LogP contribution is 2.31. The Kier molecular flexibility index (Phi) is 6.43. The standard InChI is InChI=1S/C24H27N3O2S/c1-18-6-10-20(11-7-18)27-22(19-8-12-21(29-2)13-9-19)16-25-24(27)30-17-23(28)26-14-4-3-5-15-26/h6-13,16H,3-5,14-15,17H2,1-2H3. The minimum atomic E-state index is 0.198. The fraction of sp³-hybridized carbons (Fsp3) is 0.333. The van der Waals surface area contributed by atoms with Gasteiger partial charge in [0.2, 0.25) is 5.91 Å². The van der Waals surface area contributed by atoms with E-state index in [0.717, 1.165) is 53.8 Å². The number of hydrogen-bond acceptors (Lipinski definition) is 4. The second-order valence-corrected chi connectivity index (χ2v) is 8.50. The summed E-state index contributed by atoms with van der Waals surface area (Å²) >= 11 is 1.51. The monoisotopic (exact) mass is 421 g/mol. The third-order valence-electron chi connectivity index (χ3n) is 5.44. The predicted octanol–water partition coefficient (Wildman–Crippen LogP) is 4.96. The molecule has 0 bridgehead atoms. The molecule has 156 valence electrons. The van der Waals surface area contributed by atoms with Crippen LogP contribution in [0.2, 0.25) is 0 Å². The first-order valence-corrected chi connectivity index (χ1v) is 11.3. The van der Waals surface area contributed by atoms with Crippen LogP contribution < -0.4 is 4.74 Å². The highest BCUT2D eigenvalue weighted by molar-refractivity contribution is 7.99. The second kappa shape index (κ2) is 9.39. The average Bonchev–Trinajstić information content (AvgIpc) is 3.22. The van der Waals surface area contributed by atoms with Crippen molar-refractivity contribution in [2.45, 2.75) is 31.3 Å². The van der Waals surface area contributed by atoms with Crippen molar-refractivity contribution in [1.29, 1.82) is 0 Å². The van der Waals surface area contributed by atoms with Gasteiger partial charge in [-0.2, -0.15) is 0 Å². The number of aromatic nitrogens is 2. The number of imidazole rings is 1. The lowest BCUT2D eigenvalue weighted by atomic mass is 10.1. The van der Waals surface area contributed by atoms with Gasteiger partial charge >= 0.3 is 0 Å². The summed E-state index contributed by atoms with van der Waals surface area (Å²) in [5, 5.41) is 0.829. The zero-order chi connectivity index (χ0) is 20.9. The number of piperidine rings is 1. The normalized spacial score (nSPS) is 14.0. The molecule has 0 saturated carbocycles. The number of nitrogens with zero attached hydrogens (tertiary/aromatic N) is 3. The number of ether oxygens (including phenoxy) is 1. The minimum absolute atomic E-state index is 0.198. The molecular formula is C24H27N3O2S. The molecule has 0 spiro atoms. The number of carbonyl (C=O) groups is 1. The van der Waals surface area contributed by atoms with Gasteiger partial charge < -0.3 is 9.64 Å². The predicted molar refractivity (Wildman–Crippen MR) is 121 cm³/mol. The van der Waals surface area contributed by atoms with E-state index in [4.69, 9.17) is 4.74 Å². The summed E-state index contributed by atoms with van der Waals surface area (Å²) in [7, 11) is 1.67. The van der Waals surface area contributed by atoms with Gasteiger partial charge in [0.15, 0.2) is 5.16 Å². The number of likely N-dealkylation sites (tertiary alicyclic amines) is 1. The second-order valence-electron chi connectivity index (χ2n) is 7.56. The number of amides is 1. The van der Waals surface area contributed by atoms with E-state index >= 15 is 0 Å². The molecule has 0 aliphatic carbocycles. The molecule has 0 N–H and O–H groups in total. The average molecular weight is 422 g/mol. The van der Waals surface area contributed by atoms with E-state index in [1.54, 1.807) is 7.11 Å². The summed E-state index contributed by atoms with van der Waals surface area (Å²) in [6, 6.07) is 16.4. The molecular weight excluding hydrogens is 394 g/mol. The lowest BCUT2D eigenvalue weighted by Crippen LogP contribution is -2.36. The molecule has 2 heterocycles. The quantitative estimate of drug-likeness (QED) is 0.528.